The third-order valence-corrected chi connectivity index (χ3v) is 19.9. The summed E-state index contributed by atoms with van der Waals surface area (Å²) in [5.74, 6) is 0.0995. The summed E-state index contributed by atoms with van der Waals surface area (Å²) < 4.78 is 68.5. The first-order valence-electron chi connectivity index (χ1n) is 39.4. The number of hydrogen-bond acceptors (Lipinski definition) is 15. The van der Waals surface area contributed by atoms with Gasteiger partial charge in [-0.25, -0.2) is 9.13 Å². The molecular formula is C76H148O17P2. The number of phosphoric acid groups is 2. The Labute approximate surface area is 581 Å². The molecule has 0 saturated carbocycles. The molecule has 0 aromatic carbocycles. The summed E-state index contributed by atoms with van der Waals surface area (Å²) >= 11 is 0. The van der Waals surface area contributed by atoms with Gasteiger partial charge in [0.2, 0.25) is 0 Å². The number of hydrogen-bond donors (Lipinski definition) is 3. The topological polar surface area (TPSA) is 237 Å². The van der Waals surface area contributed by atoms with E-state index in [2.05, 4.69) is 48.5 Å². The van der Waals surface area contributed by atoms with E-state index in [0.717, 1.165) is 108 Å². The van der Waals surface area contributed by atoms with Crippen LogP contribution in [0.2, 0.25) is 0 Å². The van der Waals surface area contributed by atoms with Crippen LogP contribution in [0.3, 0.4) is 0 Å². The van der Waals surface area contributed by atoms with Gasteiger partial charge in [0, 0.05) is 25.7 Å². The molecule has 0 fully saturated rings. The molecule has 0 amide bonds. The Morgan fingerprint density at radius 2 is 0.537 bits per heavy atom. The Kier molecular flexibility index (Phi) is 65.2. The maximum atomic E-state index is 13.1. The summed E-state index contributed by atoms with van der Waals surface area (Å²) in [6, 6.07) is 0. The van der Waals surface area contributed by atoms with Crippen molar-refractivity contribution in [1.82, 2.24) is 0 Å². The zero-order chi connectivity index (χ0) is 70.1. The van der Waals surface area contributed by atoms with Gasteiger partial charge in [0.1, 0.15) is 19.3 Å². The molecule has 564 valence electrons. The molecule has 19 heteroatoms. The molecule has 6 atom stereocenters. The summed E-state index contributed by atoms with van der Waals surface area (Å²) in [6.07, 6.45) is 52.9. The van der Waals surface area contributed by atoms with Crippen molar-refractivity contribution in [3.63, 3.8) is 0 Å². The highest BCUT2D eigenvalue weighted by atomic mass is 31.2. The van der Waals surface area contributed by atoms with Gasteiger partial charge in [-0.15, -0.1) is 0 Å². The highest BCUT2D eigenvalue weighted by Crippen LogP contribution is 2.45. The van der Waals surface area contributed by atoms with Gasteiger partial charge in [-0.1, -0.05) is 337 Å². The van der Waals surface area contributed by atoms with E-state index in [1.165, 1.54) is 199 Å². The van der Waals surface area contributed by atoms with Crippen LogP contribution in [0.15, 0.2) is 0 Å². The fourth-order valence-corrected chi connectivity index (χ4v) is 13.1. The Morgan fingerprint density at radius 3 is 0.800 bits per heavy atom. The number of aliphatic hydroxyl groups is 1. The van der Waals surface area contributed by atoms with Gasteiger partial charge < -0.3 is 33.8 Å². The maximum Gasteiger partial charge on any atom is 0.472 e. The van der Waals surface area contributed by atoms with Gasteiger partial charge in [-0.2, -0.15) is 0 Å². The number of carbonyl (C=O) groups is 4. The number of aliphatic hydroxyl groups excluding tert-OH is 1. The van der Waals surface area contributed by atoms with E-state index < -0.39 is 97.5 Å². The van der Waals surface area contributed by atoms with Crippen molar-refractivity contribution in [3.8, 4) is 0 Å². The Balaban J connectivity index is 5.20. The molecule has 0 aromatic heterocycles. The van der Waals surface area contributed by atoms with Crippen molar-refractivity contribution in [2.24, 2.45) is 17.8 Å². The lowest BCUT2D eigenvalue weighted by atomic mass is 9.99. The molecule has 0 bridgehead atoms. The van der Waals surface area contributed by atoms with E-state index in [1.54, 1.807) is 0 Å². The Morgan fingerprint density at radius 1 is 0.305 bits per heavy atom. The SMILES string of the molecule is CCCCCCCCCCCCCCCCCCCCCCCC(=O)O[C@H](COC(=O)CCCCCCCCCCC(C)CC)COP(=O)(O)OC[C@@H](O)COP(=O)(O)OC[C@@H](COC(=O)CCCCCCCCCCC(C)C)OC(=O)CCCCCCCCCCC(C)C. The Hall–Kier alpha value is -1.94. The minimum absolute atomic E-state index is 0.104. The minimum atomic E-state index is -4.96. The number of carbonyl (C=O) groups excluding carboxylic acids is 4. The van der Waals surface area contributed by atoms with E-state index in [-0.39, 0.29) is 25.7 Å². The van der Waals surface area contributed by atoms with Gasteiger partial charge >= 0.3 is 39.5 Å². The molecule has 0 heterocycles. The fourth-order valence-electron chi connectivity index (χ4n) is 11.6. The number of esters is 4. The second-order valence-corrected chi connectivity index (χ2v) is 31.5. The quantitative estimate of drug-likeness (QED) is 0.0222. The van der Waals surface area contributed by atoms with Gasteiger partial charge in [0.15, 0.2) is 12.2 Å². The molecule has 0 aliphatic carbocycles. The molecule has 0 radical (unpaired) electrons. The highest BCUT2D eigenvalue weighted by molar-refractivity contribution is 7.47. The second kappa shape index (κ2) is 66.6. The zero-order valence-corrected chi connectivity index (χ0v) is 63.9. The van der Waals surface area contributed by atoms with Crippen LogP contribution >= 0.6 is 15.6 Å². The lowest BCUT2D eigenvalue weighted by Crippen LogP contribution is -2.30. The summed E-state index contributed by atoms with van der Waals surface area (Å²) in [7, 11) is -9.91. The van der Waals surface area contributed by atoms with Gasteiger partial charge in [-0.3, -0.25) is 37.3 Å². The van der Waals surface area contributed by atoms with Gasteiger partial charge in [0.25, 0.3) is 0 Å². The first-order valence-corrected chi connectivity index (χ1v) is 42.4. The van der Waals surface area contributed by atoms with Crippen molar-refractivity contribution >= 4 is 39.5 Å². The molecule has 95 heavy (non-hydrogen) atoms. The van der Waals surface area contributed by atoms with Crippen molar-refractivity contribution in [2.75, 3.05) is 39.6 Å². The second-order valence-electron chi connectivity index (χ2n) is 28.6. The van der Waals surface area contributed by atoms with E-state index in [4.69, 9.17) is 37.0 Å². The van der Waals surface area contributed by atoms with Gasteiger partial charge in [0.05, 0.1) is 26.4 Å². The molecule has 0 spiro atoms. The minimum Gasteiger partial charge on any atom is -0.462 e. The lowest BCUT2D eigenvalue weighted by Gasteiger charge is -2.21. The number of phosphoric ester groups is 2. The van der Waals surface area contributed by atoms with Crippen molar-refractivity contribution < 1.29 is 80.2 Å². The fraction of sp³-hybridized carbons (Fsp3) is 0.947. The molecule has 3 N–H and O–H groups in total. The van der Waals surface area contributed by atoms with Crippen LogP contribution in [-0.4, -0.2) is 96.7 Å². The molecule has 3 unspecified atom stereocenters. The smallest absolute Gasteiger partial charge is 0.462 e. The first kappa shape index (κ1) is 93.1. The van der Waals surface area contributed by atoms with Crippen LogP contribution in [0.1, 0.15) is 389 Å². The molecule has 0 aliphatic rings. The van der Waals surface area contributed by atoms with E-state index in [1.807, 2.05) is 0 Å². The van der Waals surface area contributed by atoms with Crippen molar-refractivity contribution in [3.05, 3.63) is 0 Å². The summed E-state index contributed by atoms with van der Waals surface area (Å²) in [5, 5.41) is 10.6. The van der Waals surface area contributed by atoms with E-state index in [9.17, 15) is 43.2 Å². The van der Waals surface area contributed by atoms with Crippen LogP contribution in [0, 0.1) is 17.8 Å². The predicted molar refractivity (Wildman–Crippen MR) is 386 cm³/mol. The monoisotopic (exact) mass is 1400 g/mol. The third kappa shape index (κ3) is 69.0. The zero-order valence-electron chi connectivity index (χ0n) is 62.1. The van der Waals surface area contributed by atoms with Crippen molar-refractivity contribution in [2.45, 2.75) is 407 Å². The van der Waals surface area contributed by atoms with Crippen LogP contribution < -0.4 is 0 Å². The van der Waals surface area contributed by atoms with E-state index in [0.29, 0.717) is 25.7 Å². The third-order valence-electron chi connectivity index (χ3n) is 18.0. The molecule has 0 saturated heterocycles. The van der Waals surface area contributed by atoms with Crippen LogP contribution in [0.5, 0.6) is 0 Å². The number of ether oxygens (including phenoxy) is 4. The largest absolute Gasteiger partial charge is 0.472 e. The Bertz CT molecular complexity index is 1850. The predicted octanol–water partition coefficient (Wildman–Crippen LogP) is 22.2. The molecule has 0 aromatic rings. The average molecular weight is 1400 g/mol. The summed E-state index contributed by atoms with van der Waals surface area (Å²) in [5.41, 5.74) is 0. The molecule has 17 nitrogen and oxygen atoms in total. The van der Waals surface area contributed by atoms with Crippen LogP contribution in [0.25, 0.3) is 0 Å². The van der Waals surface area contributed by atoms with E-state index >= 15 is 0 Å². The van der Waals surface area contributed by atoms with Crippen LogP contribution in [-0.2, 0) is 65.4 Å². The number of unbranched alkanes of at least 4 members (excludes halogenated alkanes) is 41. The number of rotatable bonds is 74. The molecular weight excluding hydrogens is 1250 g/mol. The van der Waals surface area contributed by atoms with Crippen molar-refractivity contribution in [1.29, 1.82) is 0 Å². The normalized spacial score (nSPS) is 14.4. The highest BCUT2D eigenvalue weighted by Gasteiger charge is 2.30. The summed E-state index contributed by atoms with van der Waals surface area (Å²) in [4.78, 5) is 72.8. The van der Waals surface area contributed by atoms with Gasteiger partial charge in [-0.05, 0) is 43.4 Å². The molecule has 0 aliphatic heterocycles. The standard InChI is InChI=1S/C76H148O17P2/c1-8-10-11-12-13-14-15-16-17-18-19-20-21-22-23-24-25-26-38-45-52-59-75(80)92-71(63-87-74(79)58-51-44-37-32-29-35-42-49-56-69(7)9-2)65-90-94(82,83)88-61-70(77)62-89-95(84,85)91-66-72(93-76(81)60-53-46-39-31-28-34-41-48-55-68(5)6)64-86-73(78)57-50-43-36-30-27-33-40-47-54-67(3)4/h67-72,77H,8-66H2,1-7H3,(H,82,83)(H,84,85)/t69?,70-,71-,72-/m1/s1. The maximum absolute atomic E-state index is 13.1. The lowest BCUT2D eigenvalue weighted by molar-refractivity contribution is -0.161. The molecule has 0 rings (SSSR count). The summed E-state index contributed by atoms with van der Waals surface area (Å²) in [6.45, 7) is 11.8. The van der Waals surface area contributed by atoms with Crippen LogP contribution in [0.4, 0.5) is 0 Å². The average Bonchev–Trinajstić information content (AvgIpc) is 1.40. The first-order chi connectivity index (χ1) is 45.8.